The molecule has 0 saturated carbocycles. The number of benzene rings is 2. The molecule has 0 atom stereocenters. The van der Waals surface area contributed by atoms with Crippen molar-refractivity contribution in [3.8, 4) is 0 Å². The summed E-state index contributed by atoms with van der Waals surface area (Å²) in [5, 5.41) is 0. The molecule has 4 N–H and O–H groups in total. The first-order valence-electron chi connectivity index (χ1n) is 4.63. The van der Waals surface area contributed by atoms with Gasteiger partial charge in [0.2, 0.25) is 0 Å². The van der Waals surface area contributed by atoms with Gasteiger partial charge in [-0.3, -0.25) is 0 Å². The summed E-state index contributed by atoms with van der Waals surface area (Å²) in [5.41, 5.74) is 12.9. The Morgan fingerprint density at radius 3 is 1.27 bits per heavy atom. The molecule has 2 aromatic rings. The number of nitrogens with two attached hydrogens (primary N) is 2. The van der Waals surface area contributed by atoms with Crippen molar-refractivity contribution < 1.29 is 0 Å². The number of rotatable bonds is 2. The van der Waals surface area contributed by atoms with Gasteiger partial charge in [0.25, 0.3) is 0 Å². The van der Waals surface area contributed by atoms with Crippen molar-refractivity contribution in [2.45, 2.75) is 0 Å². The van der Waals surface area contributed by atoms with E-state index in [1.807, 2.05) is 24.3 Å². The van der Waals surface area contributed by atoms with Crippen LogP contribution in [0.1, 0.15) is 0 Å². The Labute approximate surface area is 99.4 Å². The summed E-state index contributed by atoms with van der Waals surface area (Å²) in [5.74, 6) is 0. The van der Waals surface area contributed by atoms with Crippen molar-refractivity contribution in [3.05, 3.63) is 48.5 Å². The zero-order valence-corrected chi connectivity index (χ0v) is 10.5. The summed E-state index contributed by atoms with van der Waals surface area (Å²) in [6, 6.07) is 16.2. The fourth-order valence-corrected chi connectivity index (χ4v) is 3.54. The Bertz CT molecular complexity index is 391. The molecule has 0 unspecified atom stereocenters. The molecule has 15 heavy (non-hydrogen) atoms. The van der Waals surface area contributed by atoms with Gasteiger partial charge in [-0.05, 0) is 0 Å². The van der Waals surface area contributed by atoms with Crippen LogP contribution in [0.3, 0.4) is 0 Å². The molecule has 0 aromatic heterocycles. The Hall–Kier alpha value is -1.17. The number of hydrogen-bond acceptors (Lipinski definition) is 2. The standard InChI is InChI=1S/C12H12N2Te/c13-9-1-5-11(6-2-9)15-12-7-3-10(14)4-8-12/h1-8H,13-14H2. The van der Waals surface area contributed by atoms with Crippen LogP contribution < -0.4 is 18.7 Å². The van der Waals surface area contributed by atoms with Gasteiger partial charge in [0.05, 0.1) is 0 Å². The molecule has 0 fully saturated rings. The van der Waals surface area contributed by atoms with Crippen LogP contribution in [0.15, 0.2) is 48.5 Å². The molecule has 0 aliphatic rings. The van der Waals surface area contributed by atoms with Gasteiger partial charge in [-0.2, -0.15) is 0 Å². The van der Waals surface area contributed by atoms with E-state index in [0.29, 0.717) is 0 Å². The molecule has 0 radical (unpaired) electrons. The zero-order valence-electron chi connectivity index (χ0n) is 8.18. The average molecular weight is 312 g/mol. The fraction of sp³-hybridized carbons (Fsp3) is 0. The Kier molecular flexibility index (Phi) is 3.15. The van der Waals surface area contributed by atoms with Crippen LogP contribution in [0, 0.1) is 0 Å². The predicted octanol–water partition coefficient (Wildman–Crippen LogP) is 0.506. The van der Waals surface area contributed by atoms with E-state index >= 15 is 0 Å². The molecule has 0 bridgehead atoms. The van der Waals surface area contributed by atoms with Crippen LogP contribution in [0.2, 0.25) is 0 Å². The first kappa shape index (κ1) is 10.4. The molecule has 0 aliphatic carbocycles. The quantitative estimate of drug-likeness (QED) is 0.627. The van der Waals surface area contributed by atoms with E-state index in [4.69, 9.17) is 11.5 Å². The Balaban J connectivity index is 2.15. The van der Waals surface area contributed by atoms with Crippen LogP contribution in [-0.4, -0.2) is 20.9 Å². The fourth-order valence-electron chi connectivity index (χ4n) is 1.21. The van der Waals surface area contributed by atoms with Gasteiger partial charge in [0, 0.05) is 0 Å². The van der Waals surface area contributed by atoms with Gasteiger partial charge in [-0.1, -0.05) is 0 Å². The van der Waals surface area contributed by atoms with Crippen molar-refractivity contribution in [2.24, 2.45) is 0 Å². The third-order valence-corrected chi connectivity index (χ3v) is 4.89. The minimum absolute atomic E-state index is 0.294. The summed E-state index contributed by atoms with van der Waals surface area (Å²) in [4.78, 5) is 0. The number of nitrogen functional groups attached to an aromatic ring is 2. The number of anilines is 2. The molecule has 2 nitrogen and oxygen atoms in total. The minimum atomic E-state index is -0.294. The second kappa shape index (κ2) is 4.57. The van der Waals surface area contributed by atoms with E-state index in [1.165, 1.54) is 7.22 Å². The topological polar surface area (TPSA) is 52.0 Å². The molecule has 2 rings (SSSR count). The molecule has 0 aliphatic heterocycles. The van der Waals surface area contributed by atoms with E-state index in [9.17, 15) is 0 Å². The van der Waals surface area contributed by atoms with Gasteiger partial charge < -0.3 is 0 Å². The monoisotopic (exact) mass is 314 g/mol. The molecule has 76 valence electrons. The second-order valence-corrected chi connectivity index (χ2v) is 6.51. The zero-order chi connectivity index (χ0) is 10.7. The van der Waals surface area contributed by atoms with Crippen molar-refractivity contribution >= 4 is 39.5 Å². The predicted molar refractivity (Wildman–Crippen MR) is 66.7 cm³/mol. The molecule has 0 spiro atoms. The van der Waals surface area contributed by atoms with Crippen LogP contribution in [-0.2, 0) is 0 Å². The van der Waals surface area contributed by atoms with Crippen LogP contribution in [0.4, 0.5) is 11.4 Å². The van der Waals surface area contributed by atoms with Crippen molar-refractivity contribution in [1.29, 1.82) is 0 Å². The van der Waals surface area contributed by atoms with E-state index in [-0.39, 0.29) is 20.9 Å². The molecule has 0 amide bonds. The molecular formula is C12H12N2Te. The van der Waals surface area contributed by atoms with Crippen molar-refractivity contribution in [2.75, 3.05) is 11.5 Å². The average Bonchev–Trinajstić information content (AvgIpc) is 2.25. The van der Waals surface area contributed by atoms with Gasteiger partial charge in [0.15, 0.2) is 0 Å². The maximum absolute atomic E-state index is 5.64. The van der Waals surface area contributed by atoms with Gasteiger partial charge in [0.1, 0.15) is 0 Å². The van der Waals surface area contributed by atoms with Crippen molar-refractivity contribution in [1.82, 2.24) is 0 Å². The molecule has 2 aromatic carbocycles. The Morgan fingerprint density at radius 2 is 0.933 bits per heavy atom. The van der Waals surface area contributed by atoms with Crippen molar-refractivity contribution in [3.63, 3.8) is 0 Å². The first-order chi connectivity index (χ1) is 7.24. The molecule has 3 heteroatoms. The SMILES string of the molecule is Nc1ccc([Te]c2ccc(N)cc2)cc1. The number of hydrogen-bond donors (Lipinski definition) is 2. The molecule has 0 saturated heterocycles. The maximum atomic E-state index is 5.64. The van der Waals surface area contributed by atoms with Gasteiger partial charge in [-0.15, -0.1) is 0 Å². The van der Waals surface area contributed by atoms with Gasteiger partial charge in [-0.25, -0.2) is 0 Å². The first-order valence-corrected chi connectivity index (χ1v) is 6.96. The second-order valence-electron chi connectivity index (χ2n) is 3.24. The van der Waals surface area contributed by atoms with E-state index in [1.54, 1.807) is 0 Å². The summed E-state index contributed by atoms with van der Waals surface area (Å²) in [6.45, 7) is 0. The summed E-state index contributed by atoms with van der Waals surface area (Å²) in [6.07, 6.45) is 0. The Morgan fingerprint density at radius 1 is 0.600 bits per heavy atom. The van der Waals surface area contributed by atoms with E-state index in [2.05, 4.69) is 24.3 Å². The van der Waals surface area contributed by atoms with E-state index < -0.39 is 0 Å². The third kappa shape index (κ3) is 2.89. The summed E-state index contributed by atoms with van der Waals surface area (Å²) in [7, 11) is 0. The summed E-state index contributed by atoms with van der Waals surface area (Å²) >= 11 is -0.294. The van der Waals surface area contributed by atoms with Crippen LogP contribution >= 0.6 is 0 Å². The van der Waals surface area contributed by atoms with Crippen LogP contribution in [0.25, 0.3) is 0 Å². The third-order valence-electron chi connectivity index (χ3n) is 2.00. The van der Waals surface area contributed by atoms with Crippen LogP contribution in [0.5, 0.6) is 0 Å². The molecular weight excluding hydrogens is 300 g/mol. The van der Waals surface area contributed by atoms with Gasteiger partial charge >= 0.3 is 99.5 Å². The summed E-state index contributed by atoms with van der Waals surface area (Å²) < 4.78 is 2.78. The molecule has 0 heterocycles. The van der Waals surface area contributed by atoms with E-state index in [0.717, 1.165) is 11.4 Å². The normalized spacial score (nSPS) is 10.1.